The van der Waals surface area contributed by atoms with Crippen molar-refractivity contribution >= 4 is 43.9 Å². The minimum atomic E-state index is -3.87. The van der Waals surface area contributed by atoms with Gasteiger partial charge in [0.25, 0.3) is 11.6 Å². The SMILES string of the molecule is CC(OC(=O)c1ccc(S(C)(=O)=O)c([N+](=O)[O-])c1)C(=O)N(c1nccs1)C1CCCCC1. The Morgan fingerprint density at radius 1 is 1.28 bits per heavy atom. The first-order valence-electron chi connectivity index (χ1n) is 10.0. The van der Waals surface area contributed by atoms with Gasteiger partial charge in [-0.05, 0) is 31.9 Å². The van der Waals surface area contributed by atoms with Crippen molar-refractivity contribution in [1.82, 2.24) is 4.98 Å². The summed E-state index contributed by atoms with van der Waals surface area (Å²) in [4.78, 5) is 41.5. The Morgan fingerprint density at radius 2 is 1.97 bits per heavy atom. The van der Waals surface area contributed by atoms with Crippen molar-refractivity contribution in [3.63, 3.8) is 0 Å². The van der Waals surface area contributed by atoms with Gasteiger partial charge in [-0.2, -0.15) is 0 Å². The number of nitro benzene ring substituents is 1. The molecule has 1 aromatic carbocycles. The molecule has 1 aliphatic carbocycles. The van der Waals surface area contributed by atoms with Crippen molar-refractivity contribution in [3.05, 3.63) is 45.5 Å². The molecule has 2 aromatic rings. The monoisotopic (exact) mass is 481 g/mol. The number of nitro groups is 1. The molecule has 0 radical (unpaired) electrons. The van der Waals surface area contributed by atoms with Crippen LogP contribution in [0, 0.1) is 10.1 Å². The van der Waals surface area contributed by atoms with E-state index in [0.717, 1.165) is 56.6 Å². The van der Waals surface area contributed by atoms with Crippen LogP contribution < -0.4 is 4.90 Å². The molecule has 1 unspecified atom stereocenters. The number of aromatic nitrogens is 1. The highest BCUT2D eigenvalue weighted by Crippen LogP contribution is 2.30. The van der Waals surface area contributed by atoms with Crippen LogP contribution in [0.25, 0.3) is 0 Å². The molecular weight excluding hydrogens is 458 g/mol. The summed E-state index contributed by atoms with van der Waals surface area (Å²) in [6.45, 7) is 1.43. The third-order valence-electron chi connectivity index (χ3n) is 5.23. The van der Waals surface area contributed by atoms with E-state index < -0.39 is 43.3 Å². The van der Waals surface area contributed by atoms with Crippen molar-refractivity contribution in [2.45, 2.75) is 56.1 Å². The van der Waals surface area contributed by atoms with Gasteiger partial charge in [0.1, 0.15) is 4.90 Å². The highest BCUT2D eigenvalue weighted by atomic mass is 32.2. The van der Waals surface area contributed by atoms with Crippen molar-refractivity contribution in [2.75, 3.05) is 11.2 Å². The molecule has 0 spiro atoms. The summed E-state index contributed by atoms with van der Waals surface area (Å²) < 4.78 is 28.8. The molecule has 172 valence electrons. The maximum atomic E-state index is 13.2. The van der Waals surface area contributed by atoms with Gasteiger partial charge in [-0.3, -0.25) is 19.8 Å². The van der Waals surface area contributed by atoms with Gasteiger partial charge in [-0.1, -0.05) is 19.3 Å². The molecule has 1 aliphatic rings. The number of amides is 1. The molecule has 12 heteroatoms. The van der Waals surface area contributed by atoms with Gasteiger partial charge in [0, 0.05) is 29.9 Å². The second kappa shape index (κ2) is 9.74. The molecule has 1 saturated carbocycles. The first kappa shape index (κ1) is 23.8. The maximum Gasteiger partial charge on any atom is 0.339 e. The van der Waals surface area contributed by atoms with E-state index in [9.17, 15) is 28.1 Å². The second-order valence-corrected chi connectivity index (χ2v) is 10.4. The number of anilines is 1. The smallest absolute Gasteiger partial charge is 0.339 e. The summed E-state index contributed by atoms with van der Waals surface area (Å²) in [6.07, 6.45) is 6.00. The molecule has 0 N–H and O–H groups in total. The van der Waals surface area contributed by atoms with E-state index in [2.05, 4.69) is 4.98 Å². The van der Waals surface area contributed by atoms with Crippen LogP contribution in [0.2, 0.25) is 0 Å². The Kier molecular flexibility index (Phi) is 7.24. The molecule has 10 nitrogen and oxygen atoms in total. The standard InChI is InChI=1S/C20H23N3O7S2/c1-13(18(24)22(20-21-10-11-31-20)15-6-4-3-5-7-15)30-19(25)14-8-9-17(32(2,28)29)16(12-14)23(26)27/h8-13,15H,3-7H2,1-2H3. The topological polar surface area (TPSA) is 137 Å². The summed E-state index contributed by atoms with van der Waals surface area (Å²) in [7, 11) is -3.87. The van der Waals surface area contributed by atoms with E-state index in [4.69, 9.17) is 4.74 Å². The molecule has 0 bridgehead atoms. The molecule has 3 rings (SSSR count). The van der Waals surface area contributed by atoms with E-state index in [0.29, 0.717) is 5.13 Å². The highest BCUT2D eigenvalue weighted by Gasteiger charge is 2.33. The summed E-state index contributed by atoms with van der Waals surface area (Å²) in [6, 6.07) is 2.91. The first-order chi connectivity index (χ1) is 15.1. The predicted molar refractivity (Wildman–Crippen MR) is 118 cm³/mol. The molecular formula is C20H23N3O7S2. The number of benzene rings is 1. The van der Waals surface area contributed by atoms with Gasteiger partial charge in [-0.15, -0.1) is 11.3 Å². The van der Waals surface area contributed by atoms with Crippen molar-refractivity contribution < 1.29 is 27.7 Å². The lowest BCUT2D eigenvalue weighted by molar-refractivity contribution is -0.387. The molecule has 32 heavy (non-hydrogen) atoms. The molecule has 1 amide bonds. The van der Waals surface area contributed by atoms with Crippen LogP contribution in [-0.2, 0) is 19.4 Å². The summed E-state index contributed by atoms with van der Waals surface area (Å²) in [5, 5.41) is 13.6. The van der Waals surface area contributed by atoms with Gasteiger partial charge in [0.05, 0.1) is 10.5 Å². The molecule has 1 fully saturated rings. The number of thiazole rings is 1. The van der Waals surface area contributed by atoms with Crippen LogP contribution in [0.1, 0.15) is 49.4 Å². The van der Waals surface area contributed by atoms with Crippen LogP contribution in [0.15, 0.2) is 34.7 Å². The van der Waals surface area contributed by atoms with Crippen molar-refractivity contribution in [3.8, 4) is 0 Å². The van der Waals surface area contributed by atoms with Crippen LogP contribution >= 0.6 is 11.3 Å². The third-order valence-corrected chi connectivity index (χ3v) is 7.14. The minimum Gasteiger partial charge on any atom is -0.449 e. The summed E-state index contributed by atoms with van der Waals surface area (Å²) >= 11 is 1.32. The number of rotatable bonds is 7. The lowest BCUT2D eigenvalue weighted by atomic mass is 9.94. The number of carbonyl (C=O) groups is 2. The Labute approximate surface area is 189 Å². The Morgan fingerprint density at radius 3 is 2.53 bits per heavy atom. The lowest BCUT2D eigenvalue weighted by Gasteiger charge is -2.33. The largest absolute Gasteiger partial charge is 0.449 e. The fourth-order valence-electron chi connectivity index (χ4n) is 3.68. The van der Waals surface area contributed by atoms with E-state index in [-0.39, 0.29) is 11.6 Å². The number of hydrogen-bond donors (Lipinski definition) is 0. The Hall–Kier alpha value is -2.86. The zero-order valence-corrected chi connectivity index (χ0v) is 19.2. The maximum absolute atomic E-state index is 13.2. The van der Waals surface area contributed by atoms with Crippen molar-refractivity contribution in [2.24, 2.45) is 0 Å². The third kappa shape index (κ3) is 5.30. The second-order valence-electron chi connectivity index (χ2n) is 7.57. The molecule has 1 heterocycles. The summed E-state index contributed by atoms with van der Waals surface area (Å²) in [5.41, 5.74) is -0.949. The number of nitrogens with zero attached hydrogens (tertiary/aromatic N) is 3. The molecule has 1 atom stereocenters. The average Bonchev–Trinajstić information content (AvgIpc) is 3.27. The number of hydrogen-bond acceptors (Lipinski definition) is 9. The van der Waals surface area contributed by atoms with E-state index in [1.807, 2.05) is 0 Å². The van der Waals surface area contributed by atoms with Gasteiger partial charge < -0.3 is 4.74 Å². The fourth-order valence-corrected chi connectivity index (χ4v) is 5.23. The van der Waals surface area contributed by atoms with Crippen LogP contribution in [0.4, 0.5) is 10.8 Å². The zero-order valence-electron chi connectivity index (χ0n) is 17.6. The van der Waals surface area contributed by atoms with Crippen LogP contribution in [0.3, 0.4) is 0 Å². The van der Waals surface area contributed by atoms with Crippen LogP contribution in [-0.4, -0.2) is 48.6 Å². The van der Waals surface area contributed by atoms with Gasteiger partial charge in [0.2, 0.25) is 0 Å². The first-order valence-corrected chi connectivity index (χ1v) is 12.8. The van der Waals surface area contributed by atoms with Gasteiger partial charge in [-0.25, -0.2) is 18.2 Å². The average molecular weight is 482 g/mol. The quantitative estimate of drug-likeness (QED) is 0.333. The molecule has 1 aromatic heterocycles. The predicted octanol–water partition coefficient (Wildman–Crippen LogP) is 3.37. The molecule has 0 saturated heterocycles. The van der Waals surface area contributed by atoms with E-state index >= 15 is 0 Å². The van der Waals surface area contributed by atoms with E-state index in [1.165, 1.54) is 18.3 Å². The van der Waals surface area contributed by atoms with Gasteiger partial charge in [0.15, 0.2) is 21.1 Å². The fraction of sp³-hybridized carbons (Fsp3) is 0.450. The zero-order chi connectivity index (χ0) is 23.5. The Bertz CT molecular complexity index is 1110. The minimum absolute atomic E-state index is 0.0429. The van der Waals surface area contributed by atoms with Crippen LogP contribution in [0.5, 0.6) is 0 Å². The van der Waals surface area contributed by atoms with Crippen molar-refractivity contribution in [1.29, 1.82) is 0 Å². The van der Waals surface area contributed by atoms with E-state index in [1.54, 1.807) is 16.5 Å². The number of carbonyl (C=O) groups excluding carboxylic acids is 2. The number of sulfone groups is 1. The summed E-state index contributed by atoms with van der Waals surface area (Å²) in [5.74, 6) is -1.39. The van der Waals surface area contributed by atoms with Gasteiger partial charge >= 0.3 is 5.97 Å². The number of esters is 1. The number of ether oxygens (including phenoxy) is 1. The lowest BCUT2D eigenvalue weighted by Crippen LogP contribution is -2.47. The Balaban J connectivity index is 1.81. The normalized spacial score (nSPS) is 15.7. The highest BCUT2D eigenvalue weighted by molar-refractivity contribution is 7.90. The molecule has 0 aliphatic heterocycles.